The van der Waals surface area contributed by atoms with Gasteiger partial charge in [-0.1, -0.05) is 6.07 Å². The highest BCUT2D eigenvalue weighted by molar-refractivity contribution is 5.92. The van der Waals surface area contributed by atoms with Crippen LogP contribution < -0.4 is 14.4 Å². The molecule has 2 aromatic carbocycles. The Labute approximate surface area is 169 Å². The molecule has 0 unspecified atom stereocenters. The van der Waals surface area contributed by atoms with Crippen LogP contribution in [0, 0.1) is 17.1 Å². The molecule has 0 radical (unpaired) electrons. The molecule has 7 heteroatoms. The number of nitrogens with zero attached hydrogens (tertiary/aromatic N) is 3. The molecule has 0 aromatic heterocycles. The van der Waals surface area contributed by atoms with E-state index in [1.807, 2.05) is 6.07 Å². The van der Waals surface area contributed by atoms with Gasteiger partial charge in [0, 0.05) is 37.9 Å². The number of benzene rings is 2. The van der Waals surface area contributed by atoms with E-state index in [1.165, 1.54) is 25.3 Å². The number of halogens is 1. The van der Waals surface area contributed by atoms with Gasteiger partial charge in [-0.05, 0) is 48.0 Å². The topological polar surface area (TPSA) is 65.8 Å². The molecule has 1 heterocycles. The first-order valence-electron chi connectivity index (χ1n) is 9.26. The lowest BCUT2D eigenvalue weighted by molar-refractivity contribution is -0.126. The van der Waals surface area contributed by atoms with E-state index in [0.717, 1.165) is 11.3 Å². The van der Waals surface area contributed by atoms with Crippen LogP contribution >= 0.6 is 0 Å². The van der Waals surface area contributed by atoms with Gasteiger partial charge in [0.15, 0.2) is 18.1 Å². The normalized spacial score (nSPS) is 14.0. The van der Waals surface area contributed by atoms with Gasteiger partial charge in [-0.3, -0.25) is 4.79 Å². The van der Waals surface area contributed by atoms with Crippen molar-refractivity contribution in [1.82, 2.24) is 4.90 Å². The number of piperazine rings is 1. The van der Waals surface area contributed by atoms with E-state index in [-0.39, 0.29) is 18.3 Å². The van der Waals surface area contributed by atoms with Crippen LogP contribution in [0.5, 0.6) is 11.5 Å². The summed E-state index contributed by atoms with van der Waals surface area (Å²) in [7, 11) is 1.52. The van der Waals surface area contributed by atoms with Crippen LogP contribution in [0.25, 0.3) is 6.08 Å². The lowest BCUT2D eigenvalue weighted by Gasteiger charge is -2.35. The molecule has 1 saturated heterocycles. The van der Waals surface area contributed by atoms with E-state index in [2.05, 4.69) is 4.90 Å². The quantitative estimate of drug-likeness (QED) is 0.704. The lowest BCUT2D eigenvalue weighted by Crippen LogP contribution is -2.48. The monoisotopic (exact) mass is 395 g/mol. The van der Waals surface area contributed by atoms with Gasteiger partial charge in [0.05, 0.1) is 7.11 Å². The Hall–Kier alpha value is -3.53. The Morgan fingerprint density at radius 2 is 1.86 bits per heavy atom. The summed E-state index contributed by atoms with van der Waals surface area (Å²) in [5.41, 5.74) is 1.75. The van der Waals surface area contributed by atoms with Gasteiger partial charge in [-0.25, -0.2) is 4.39 Å². The average Bonchev–Trinajstić information content (AvgIpc) is 2.77. The molecule has 29 heavy (non-hydrogen) atoms. The highest BCUT2D eigenvalue weighted by Crippen LogP contribution is 2.28. The molecule has 1 aliphatic heterocycles. The third kappa shape index (κ3) is 5.26. The molecule has 1 amide bonds. The fourth-order valence-electron chi connectivity index (χ4n) is 3.13. The minimum absolute atomic E-state index is 0.0616. The molecule has 150 valence electrons. The summed E-state index contributed by atoms with van der Waals surface area (Å²) in [6.07, 6.45) is 3.27. The molecule has 0 N–H and O–H groups in total. The second kappa shape index (κ2) is 9.60. The highest BCUT2D eigenvalue weighted by Gasteiger charge is 2.19. The third-order valence-electron chi connectivity index (χ3n) is 4.68. The van der Waals surface area contributed by atoms with Crippen LogP contribution in [0.15, 0.2) is 48.5 Å². The third-order valence-corrected chi connectivity index (χ3v) is 4.68. The number of nitriles is 1. The smallest absolute Gasteiger partial charge is 0.246 e. The summed E-state index contributed by atoms with van der Waals surface area (Å²) in [6.45, 7) is 2.54. The van der Waals surface area contributed by atoms with E-state index < -0.39 is 0 Å². The van der Waals surface area contributed by atoms with Gasteiger partial charge in [0.1, 0.15) is 11.9 Å². The van der Waals surface area contributed by atoms with Crippen molar-refractivity contribution in [3.8, 4) is 17.6 Å². The Morgan fingerprint density at radius 3 is 2.52 bits per heavy atom. The Balaban J connectivity index is 1.57. The summed E-state index contributed by atoms with van der Waals surface area (Å²) in [6, 6.07) is 13.6. The Bertz CT molecular complexity index is 914. The van der Waals surface area contributed by atoms with Gasteiger partial charge in [-0.15, -0.1) is 0 Å². The van der Waals surface area contributed by atoms with E-state index in [9.17, 15) is 9.18 Å². The van der Waals surface area contributed by atoms with E-state index in [1.54, 1.807) is 41.3 Å². The van der Waals surface area contributed by atoms with E-state index >= 15 is 0 Å². The second-order valence-corrected chi connectivity index (χ2v) is 6.48. The van der Waals surface area contributed by atoms with Crippen LogP contribution in [0.1, 0.15) is 5.56 Å². The zero-order chi connectivity index (χ0) is 20.6. The molecular formula is C22H22FN3O3. The molecular weight excluding hydrogens is 373 g/mol. The molecule has 0 spiro atoms. The molecule has 0 atom stereocenters. The molecule has 1 fully saturated rings. The maximum Gasteiger partial charge on any atom is 0.246 e. The van der Waals surface area contributed by atoms with E-state index in [4.69, 9.17) is 14.7 Å². The van der Waals surface area contributed by atoms with Gasteiger partial charge in [0.2, 0.25) is 5.91 Å². The van der Waals surface area contributed by atoms with Crippen molar-refractivity contribution in [3.05, 3.63) is 59.9 Å². The van der Waals surface area contributed by atoms with Gasteiger partial charge < -0.3 is 19.3 Å². The second-order valence-electron chi connectivity index (χ2n) is 6.48. The molecule has 1 aliphatic rings. The highest BCUT2D eigenvalue weighted by atomic mass is 19.1. The first-order chi connectivity index (χ1) is 14.1. The van der Waals surface area contributed by atoms with Crippen molar-refractivity contribution in [3.63, 3.8) is 0 Å². The van der Waals surface area contributed by atoms with Crippen molar-refractivity contribution in [2.24, 2.45) is 0 Å². The zero-order valence-electron chi connectivity index (χ0n) is 16.2. The number of rotatable bonds is 6. The largest absolute Gasteiger partial charge is 0.493 e. The lowest BCUT2D eigenvalue weighted by atomic mass is 10.1. The summed E-state index contributed by atoms with van der Waals surface area (Å²) in [5, 5.41) is 8.62. The average molecular weight is 395 g/mol. The van der Waals surface area contributed by atoms with Crippen molar-refractivity contribution in [2.45, 2.75) is 0 Å². The summed E-state index contributed by atoms with van der Waals surface area (Å²) in [5.74, 6) is 0.665. The summed E-state index contributed by atoms with van der Waals surface area (Å²) < 4.78 is 23.6. The number of carbonyl (C=O) groups excluding carboxylic acids is 1. The Morgan fingerprint density at radius 1 is 1.14 bits per heavy atom. The number of amides is 1. The SMILES string of the molecule is COc1cc(/C=C/C(=O)N2CCN(c3ccc(F)cc3)CC2)ccc1OCC#N. The van der Waals surface area contributed by atoms with Crippen molar-refractivity contribution >= 4 is 17.7 Å². The number of methoxy groups -OCH3 is 1. The zero-order valence-corrected chi connectivity index (χ0v) is 16.2. The Kier molecular flexibility index (Phi) is 6.69. The first-order valence-corrected chi connectivity index (χ1v) is 9.26. The molecule has 0 saturated carbocycles. The molecule has 3 rings (SSSR count). The molecule has 0 bridgehead atoms. The first kappa shape index (κ1) is 20.2. The van der Waals surface area contributed by atoms with Gasteiger partial charge >= 0.3 is 0 Å². The number of anilines is 1. The maximum atomic E-state index is 13.1. The van der Waals surface area contributed by atoms with E-state index in [0.29, 0.717) is 37.7 Å². The minimum atomic E-state index is -0.256. The standard InChI is InChI=1S/C22H22FN3O3/c1-28-21-16-17(2-8-20(21)29-15-10-24)3-9-22(27)26-13-11-25(12-14-26)19-6-4-18(23)5-7-19/h2-9,16H,11-15H2,1H3/b9-3+. The number of ether oxygens (including phenoxy) is 2. The molecule has 6 nitrogen and oxygen atoms in total. The fourth-order valence-corrected chi connectivity index (χ4v) is 3.13. The molecule has 0 aliphatic carbocycles. The molecule has 2 aromatic rings. The number of hydrogen-bond donors (Lipinski definition) is 0. The van der Waals surface area contributed by atoms with Gasteiger partial charge in [-0.2, -0.15) is 5.26 Å². The van der Waals surface area contributed by atoms with Crippen molar-refractivity contribution in [2.75, 3.05) is 44.8 Å². The van der Waals surface area contributed by atoms with Gasteiger partial charge in [0.25, 0.3) is 0 Å². The fraction of sp³-hybridized carbons (Fsp3) is 0.273. The van der Waals surface area contributed by atoms with Crippen LogP contribution in [-0.4, -0.2) is 50.7 Å². The minimum Gasteiger partial charge on any atom is -0.493 e. The van der Waals surface area contributed by atoms with Crippen LogP contribution in [0.3, 0.4) is 0 Å². The maximum absolute atomic E-state index is 13.1. The number of hydrogen-bond acceptors (Lipinski definition) is 5. The van der Waals surface area contributed by atoms with Crippen LogP contribution in [-0.2, 0) is 4.79 Å². The van der Waals surface area contributed by atoms with Crippen LogP contribution in [0.4, 0.5) is 10.1 Å². The summed E-state index contributed by atoms with van der Waals surface area (Å²) in [4.78, 5) is 16.4. The van der Waals surface area contributed by atoms with Crippen LogP contribution in [0.2, 0.25) is 0 Å². The predicted molar refractivity (Wildman–Crippen MR) is 108 cm³/mol. The predicted octanol–water partition coefficient (Wildman–Crippen LogP) is 3.10. The summed E-state index contributed by atoms with van der Waals surface area (Å²) >= 11 is 0. The van der Waals surface area contributed by atoms with Crippen molar-refractivity contribution in [1.29, 1.82) is 5.26 Å². The van der Waals surface area contributed by atoms with Crippen molar-refractivity contribution < 1.29 is 18.7 Å². The number of carbonyl (C=O) groups is 1.